The number of carbonyl (C=O) groups is 1. The Bertz CT molecular complexity index is 838. The average molecular weight is 306 g/mol. The van der Waals surface area contributed by atoms with Crippen molar-refractivity contribution in [2.75, 3.05) is 19.6 Å². The van der Waals surface area contributed by atoms with Gasteiger partial charge in [0.05, 0.1) is 18.8 Å². The Morgan fingerprint density at radius 1 is 1.00 bits per heavy atom. The quantitative estimate of drug-likeness (QED) is 0.672. The Kier molecular flexibility index (Phi) is 3.60. The summed E-state index contributed by atoms with van der Waals surface area (Å²) in [5.41, 5.74) is 4.82. The molecule has 1 amide bonds. The molecule has 0 aliphatic carbocycles. The second-order valence-corrected chi connectivity index (χ2v) is 6.09. The number of benzene rings is 2. The van der Waals surface area contributed by atoms with E-state index < -0.39 is 0 Å². The van der Waals surface area contributed by atoms with E-state index in [0.29, 0.717) is 6.54 Å². The Balaban J connectivity index is 1.78. The number of nitrogens with one attached hydrogen (secondary N) is 3. The fraction of sp³-hybridized carbons (Fsp3) is 0.211. The molecule has 2 aromatic carbocycles. The molecule has 4 rings (SSSR count). The Hall–Kier alpha value is -2.59. The predicted octanol–water partition coefficient (Wildman–Crippen LogP) is 1.35. The molecule has 3 N–H and O–H groups in total. The first-order valence-corrected chi connectivity index (χ1v) is 8.06. The molecule has 1 aliphatic rings. The molecule has 116 valence electrons. The number of quaternary nitrogens is 1. The maximum Gasteiger partial charge on any atom is 0.275 e. The van der Waals surface area contributed by atoms with Crippen LogP contribution in [0.15, 0.2) is 54.6 Å². The van der Waals surface area contributed by atoms with Crippen molar-refractivity contribution in [2.24, 2.45) is 0 Å². The van der Waals surface area contributed by atoms with Gasteiger partial charge in [-0.05, 0) is 11.6 Å². The standard InChI is InChI=1S/C19H19N3O/c23-18-13-22(11-10-20-18)12-16-15-8-4-5-9-17(15)21-19(16)14-6-2-1-3-7-14/h1-9,21H,10-13H2,(H,20,23)/p+1. The Morgan fingerprint density at radius 3 is 2.61 bits per heavy atom. The molecule has 3 aromatic rings. The maximum absolute atomic E-state index is 11.7. The SMILES string of the molecule is O=C1C[NH+](Cc2c(-c3ccccc3)[nH]c3ccccc23)CCN1. The number of amides is 1. The van der Waals surface area contributed by atoms with Crippen molar-refractivity contribution >= 4 is 16.8 Å². The summed E-state index contributed by atoms with van der Waals surface area (Å²) in [6.07, 6.45) is 0. The van der Waals surface area contributed by atoms with Gasteiger partial charge in [0.25, 0.3) is 5.91 Å². The van der Waals surface area contributed by atoms with E-state index in [9.17, 15) is 4.79 Å². The highest BCUT2D eigenvalue weighted by molar-refractivity contribution is 5.90. The fourth-order valence-electron chi connectivity index (χ4n) is 3.39. The Morgan fingerprint density at radius 2 is 1.78 bits per heavy atom. The molecule has 4 heteroatoms. The summed E-state index contributed by atoms with van der Waals surface area (Å²) in [6, 6.07) is 18.8. The van der Waals surface area contributed by atoms with Gasteiger partial charge in [-0.15, -0.1) is 0 Å². The number of carbonyl (C=O) groups excluding carboxylic acids is 1. The summed E-state index contributed by atoms with van der Waals surface area (Å²) in [5, 5.41) is 4.16. The van der Waals surface area contributed by atoms with Crippen molar-refractivity contribution in [3.05, 3.63) is 60.2 Å². The molecule has 4 nitrogen and oxygen atoms in total. The lowest BCUT2D eigenvalue weighted by molar-refractivity contribution is -0.907. The van der Waals surface area contributed by atoms with Crippen LogP contribution in [0.4, 0.5) is 0 Å². The van der Waals surface area contributed by atoms with Gasteiger partial charge in [0, 0.05) is 16.5 Å². The summed E-state index contributed by atoms with van der Waals surface area (Å²) in [6.45, 7) is 3.14. The van der Waals surface area contributed by atoms with E-state index in [1.807, 2.05) is 6.07 Å². The van der Waals surface area contributed by atoms with Crippen LogP contribution >= 0.6 is 0 Å². The zero-order chi connectivity index (χ0) is 15.6. The minimum atomic E-state index is 0.146. The van der Waals surface area contributed by atoms with Gasteiger partial charge < -0.3 is 15.2 Å². The Labute approximate surface area is 135 Å². The summed E-state index contributed by atoms with van der Waals surface area (Å²) in [4.78, 5) is 16.6. The number of piperazine rings is 1. The smallest absolute Gasteiger partial charge is 0.275 e. The predicted molar refractivity (Wildman–Crippen MR) is 91.1 cm³/mol. The third-order valence-electron chi connectivity index (χ3n) is 4.51. The molecule has 1 aliphatic heterocycles. The van der Waals surface area contributed by atoms with Crippen LogP contribution in [0.2, 0.25) is 0 Å². The van der Waals surface area contributed by atoms with Crippen molar-refractivity contribution in [1.82, 2.24) is 10.3 Å². The highest BCUT2D eigenvalue weighted by Gasteiger charge is 2.23. The number of para-hydroxylation sites is 1. The number of fused-ring (bicyclic) bond motifs is 1. The highest BCUT2D eigenvalue weighted by atomic mass is 16.2. The second-order valence-electron chi connectivity index (χ2n) is 6.09. The van der Waals surface area contributed by atoms with Crippen molar-refractivity contribution < 1.29 is 9.69 Å². The molecule has 2 heterocycles. The summed E-state index contributed by atoms with van der Waals surface area (Å²) < 4.78 is 0. The van der Waals surface area contributed by atoms with Crippen LogP contribution in [-0.4, -0.2) is 30.5 Å². The van der Waals surface area contributed by atoms with E-state index in [4.69, 9.17) is 0 Å². The van der Waals surface area contributed by atoms with Gasteiger partial charge in [-0.2, -0.15) is 0 Å². The second kappa shape index (κ2) is 5.89. The van der Waals surface area contributed by atoms with Gasteiger partial charge in [-0.3, -0.25) is 4.79 Å². The number of H-pyrrole nitrogens is 1. The van der Waals surface area contributed by atoms with Crippen molar-refractivity contribution in [3.63, 3.8) is 0 Å². The number of hydrogen-bond acceptors (Lipinski definition) is 1. The van der Waals surface area contributed by atoms with Gasteiger partial charge in [0.2, 0.25) is 0 Å². The van der Waals surface area contributed by atoms with Crippen LogP contribution in [0, 0.1) is 0 Å². The molecule has 23 heavy (non-hydrogen) atoms. The van der Waals surface area contributed by atoms with Crippen LogP contribution in [0.1, 0.15) is 5.56 Å². The van der Waals surface area contributed by atoms with Crippen LogP contribution in [-0.2, 0) is 11.3 Å². The lowest BCUT2D eigenvalue weighted by Crippen LogP contribution is -3.14. The van der Waals surface area contributed by atoms with E-state index >= 15 is 0 Å². The summed E-state index contributed by atoms with van der Waals surface area (Å²) in [7, 11) is 0. The molecule has 0 saturated carbocycles. The molecule has 0 bridgehead atoms. The first-order chi connectivity index (χ1) is 11.3. The zero-order valence-corrected chi connectivity index (χ0v) is 12.9. The number of hydrogen-bond donors (Lipinski definition) is 3. The van der Waals surface area contributed by atoms with E-state index in [2.05, 4.69) is 58.8 Å². The molecule has 1 atom stereocenters. The van der Waals surface area contributed by atoms with Gasteiger partial charge in [-0.1, -0.05) is 48.5 Å². The largest absolute Gasteiger partial charge is 0.354 e. The van der Waals surface area contributed by atoms with E-state index in [-0.39, 0.29) is 5.91 Å². The lowest BCUT2D eigenvalue weighted by atomic mass is 10.0. The molecule has 1 unspecified atom stereocenters. The van der Waals surface area contributed by atoms with E-state index in [1.165, 1.54) is 27.1 Å². The number of aromatic nitrogens is 1. The zero-order valence-electron chi connectivity index (χ0n) is 12.9. The lowest BCUT2D eigenvalue weighted by Gasteiger charge is -2.24. The molecule has 1 fully saturated rings. The van der Waals surface area contributed by atoms with Crippen LogP contribution in [0.25, 0.3) is 22.2 Å². The molecule has 0 radical (unpaired) electrons. The van der Waals surface area contributed by atoms with Gasteiger partial charge in [0.1, 0.15) is 6.54 Å². The summed E-state index contributed by atoms with van der Waals surface area (Å²) >= 11 is 0. The van der Waals surface area contributed by atoms with E-state index in [1.54, 1.807) is 0 Å². The molecule has 0 spiro atoms. The third-order valence-corrected chi connectivity index (χ3v) is 4.51. The van der Waals surface area contributed by atoms with Crippen LogP contribution in [0.3, 0.4) is 0 Å². The topological polar surface area (TPSA) is 49.3 Å². The molecular weight excluding hydrogens is 286 g/mol. The van der Waals surface area contributed by atoms with Crippen LogP contribution < -0.4 is 10.2 Å². The molecule has 1 saturated heterocycles. The van der Waals surface area contributed by atoms with Crippen molar-refractivity contribution in [3.8, 4) is 11.3 Å². The normalized spacial score (nSPS) is 18.1. The monoisotopic (exact) mass is 306 g/mol. The minimum Gasteiger partial charge on any atom is -0.354 e. The molecular formula is C19H20N3O+. The number of aromatic amines is 1. The maximum atomic E-state index is 11.7. The van der Waals surface area contributed by atoms with Crippen molar-refractivity contribution in [1.29, 1.82) is 0 Å². The fourth-order valence-corrected chi connectivity index (χ4v) is 3.39. The average Bonchev–Trinajstić information content (AvgIpc) is 2.95. The minimum absolute atomic E-state index is 0.146. The number of rotatable bonds is 3. The van der Waals surface area contributed by atoms with Gasteiger partial charge in [-0.25, -0.2) is 0 Å². The van der Waals surface area contributed by atoms with Crippen molar-refractivity contribution in [2.45, 2.75) is 6.54 Å². The molecule has 1 aromatic heterocycles. The third kappa shape index (κ3) is 2.73. The first-order valence-electron chi connectivity index (χ1n) is 8.06. The van der Waals surface area contributed by atoms with Crippen LogP contribution in [0.5, 0.6) is 0 Å². The highest BCUT2D eigenvalue weighted by Crippen LogP contribution is 2.29. The first kappa shape index (κ1) is 14.0. The van der Waals surface area contributed by atoms with Gasteiger partial charge in [0.15, 0.2) is 6.54 Å². The van der Waals surface area contributed by atoms with E-state index in [0.717, 1.165) is 25.2 Å². The van der Waals surface area contributed by atoms with Gasteiger partial charge >= 0.3 is 0 Å². The summed E-state index contributed by atoms with van der Waals surface area (Å²) in [5.74, 6) is 0.146.